The van der Waals surface area contributed by atoms with Gasteiger partial charge in [-0.25, -0.2) is 22.8 Å². The molecule has 4 rings (SSSR count). The molecule has 1 atom stereocenters. The van der Waals surface area contributed by atoms with Gasteiger partial charge in [0, 0.05) is 24.2 Å². The topological polar surface area (TPSA) is 135 Å². The highest BCUT2D eigenvalue weighted by molar-refractivity contribution is 7.90. The number of halogens is 1. The summed E-state index contributed by atoms with van der Waals surface area (Å²) in [5.41, 5.74) is 0.513. The van der Waals surface area contributed by atoms with Crippen molar-refractivity contribution < 1.29 is 22.6 Å². The quantitative estimate of drug-likeness (QED) is 0.242. The van der Waals surface area contributed by atoms with E-state index in [2.05, 4.69) is 59.8 Å². The van der Waals surface area contributed by atoms with Gasteiger partial charge in [-0.3, -0.25) is 4.79 Å². The normalized spacial score (nSPS) is 17.2. The number of carbonyl (C=O) groups is 1. The summed E-state index contributed by atoms with van der Waals surface area (Å²) in [6.45, 7) is 14.4. The van der Waals surface area contributed by atoms with Crippen LogP contribution in [0.25, 0.3) is 5.82 Å². The predicted molar refractivity (Wildman–Crippen MR) is 151 cm³/mol. The van der Waals surface area contributed by atoms with Crippen molar-refractivity contribution in [3.63, 3.8) is 0 Å². The lowest BCUT2D eigenvalue weighted by atomic mass is 9.94. The van der Waals surface area contributed by atoms with Gasteiger partial charge in [-0.15, -0.1) is 9.78 Å². The fourth-order valence-corrected chi connectivity index (χ4v) is 6.14. The fraction of sp³-hybridized carbons (Fsp3) is 0.556. The first kappa shape index (κ1) is 30.0. The van der Waals surface area contributed by atoms with Crippen molar-refractivity contribution >= 4 is 27.5 Å². The molecule has 4 heterocycles. The van der Waals surface area contributed by atoms with Gasteiger partial charge in [0.1, 0.15) is 5.15 Å². The highest BCUT2D eigenvalue weighted by Crippen LogP contribution is 2.26. The molecule has 13 heteroatoms. The number of sulfonamides is 1. The standard InChI is InChI=1S/C27H38ClN7O4S/c1-18-21(16-34(31-18)12-7-8-19-14-27(5,6)29-15-19)40(37,38)33-25(36)20-9-10-22(30-24(20)28)35-13-11-23(32-35)39-17-26(2,3)4/h9-11,13,16,19,29H,7-8,12,14-15,17H2,1-6H3,(H,33,36)/p+1. The van der Waals surface area contributed by atoms with Crippen LogP contribution in [0.15, 0.2) is 35.5 Å². The molecule has 0 radical (unpaired) electrons. The molecule has 3 aromatic heterocycles. The van der Waals surface area contributed by atoms with Gasteiger partial charge in [0.15, 0.2) is 17.3 Å². The molecule has 1 aliphatic rings. The molecule has 0 bridgehead atoms. The number of aryl methyl sites for hydroxylation is 2. The van der Waals surface area contributed by atoms with E-state index in [9.17, 15) is 13.2 Å². The SMILES string of the molecule is Cc1[nH][n+](CCCC2CNC(C)(C)C2)cc1S(=O)(=O)NC(=O)c1ccc(-n2ccc(OCC(C)(C)C)n2)nc1Cl. The molecule has 1 fully saturated rings. The Morgan fingerprint density at radius 3 is 2.70 bits per heavy atom. The van der Waals surface area contributed by atoms with E-state index < -0.39 is 15.9 Å². The van der Waals surface area contributed by atoms with Gasteiger partial charge in [-0.1, -0.05) is 32.4 Å². The molecule has 1 aliphatic heterocycles. The number of pyridine rings is 1. The third kappa shape index (κ3) is 7.61. The number of rotatable bonds is 10. The lowest BCUT2D eigenvalue weighted by molar-refractivity contribution is -0.751. The molecule has 218 valence electrons. The maximum atomic E-state index is 13.1. The first-order chi connectivity index (χ1) is 18.6. The smallest absolute Gasteiger partial charge is 0.272 e. The van der Waals surface area contributed by atoms with E-state index >= 15 is 0 Å². The number of nitrogens with one attached hydrogen (secondary N) is 3. The van der Waals surface area contributed by atoms with Crippen LogP contribution in [-0.2, 0) is 16.6 Å². The molecular formula is C27H39ClN7O4S+. The number of hydrogen-bond acceptors (Lipinski definition) is 7. The first-order valence-corrected chi connectivity index (χ1v) is 15.2. The number of H-pyrrole nitrogens is 1. The van der Waals surface area contributed by atoms with E-state index in [1.54, 1.807) is 23.9 Å². The summed E-state index contributed by atoms with van der Waals surface area (Å²) in [5, 5.41) is 10.8. The second-order valence-electron chi connectivity index (χ2n) is 12.3. The van der Waals surface area contributed by atoms with Crippen LogP contribution < -0.4 is 19.5 Å². The van der Waals surface area contributed by atoms with Gasteiger partial charge in [0.25, 0.3) is 15.9 Å². The van der Waals surface area contributed by atoms with Crippen molar-refractivity contribution in [2.45, 2.75) is 77.8 Å². The highest BCUT2D eigenvalue weighted by Gasteiger charge is 2.31. The third-order valence-electron chi connectivity index (χ3n) is 6.68. The van der Waals surface area contributed by atoms with Gasteiger partial charge < -0.3 is 10.1 Å². The Labute approximate surface area is 240 Å². The molecule has 1 unspecified atom stereocenters. The number of hydrogen-bond donors (Lipinski definition) is 3. The van der Waals surface area contributed by atoms with E-state index in [-0.39, 0.29) is 26.6 Å². The number of carbonyl (C=O) groups excluding carboxylic acids is 1. The van der Waals surface area contributed by atoms with E-state index in [1.165, 1.54) is 23.0 Å². The number of nitrogens with zero attached hydrogens (tertiary/aromatic N) is 4. The molecule has 40 heavy (non-hydrogen) atoms. The molecule has 3 aromatic rings. The molecule has 3 N–H and O–H groups in total. The van der Waals surface area contributed by atoms with E-state index in [1.807, 2.05) is 0 Å². The zero-order valence-corrected chi connectivity index (χ0v) is 25.5. The Balaban J connectivity index is 1.38. The molecule has 0 aromatic carbocycles. The summed E-state index contributed by atoms with van der Waals surface area (Å²) < 4.78 is 37.2. The van der Waals surface area contributed by atoms with Crippen molar-refractivity contribution in [3.8, 4) is 11.7 Å². The molecule has 1 saturated heterocycles. The van der Waals surface area contributed by atoms with Gasteiger partial charge >= 0.3 is 0 Å². The molecular weight excluding hydrogens is 554 g/mol. The van der Waals surface area contributed by atoms with Crippen LogP contribution in [-0.4, -0.2) is 52.9 Å². The van der Waals surface area contributed by atoms with Crippen molar-refractivity contribution in [2.75, 3.05) is 13.2 Å². The van der Waals surface area contributed by atoms with Crippen LogP contribution >= 0.6 is 11.6 Å². The van der Waals surface area contributed by atoms with Crippen molar-refractivity contribution in [2.24, 2.45) is 11.3 Å². The molecule has 1 amide bonds. The maximum absolute atomic E-state index is 13.1. The monoisotopic (exact) mass is 592 g/mol. The van der Waals surface area contributed by atoms with Crippen LogP contribution in [0.5, 0.6) is 5.88 Å². The molecule has 11 nitrogen and oxygen atoms in total. The largest absolute Gasteiger partial charge is 0.476 e. The van der Waals surface area contributed by atoms with Crippen LogP contribution in [0.3, 0.4) is 0 Å². The lowest BCUT2D eigenvalue weighted by Gasteiger charge is -2.17. The summed E-state index contributed by atoms with van der Waals surface area (Å²) >= 11 is 6.29. The minimum atomic E-state index is -4.15. The van der Waals surface area contributed by atoms with Gasteiger partial charge in [-0.2, -0.15) is 5.10 Å². The Morgan fingerprint density at radius 2 is 2.05 bits per heavy atom. The Kier molecular flexibility index (Phi) is 8.63. The summed E-state index contributed by atoms with van der Waals surface area (Å²) in [6.07, 6.45) is 6.26. The number of aromatic amines is 1. The highest BCUT2D eigenvalue weighted by atomic mass is 35.5. The minimum Gasteiger partial charge on any atom is -0.476 e. The average molecular weight is 593 g/mol. The van der Waals surface area contributed by atoms with Crippen LogP contribution in [0.1, 0.15) is 69.9 Å². The van der Waals surface area contributed by atoms with Gasteiger partial charge in [-0.05, 0) is 63.6 Å². The van der Waals surface area contributed by atoms with E-state index in [0.29, 0.717) is 36.5 Å². The number of amides is 1. The third-order valence-corrected chi connectivity index (χ3v) is 8.41. The molecule has 0 spiro atoms. The Hall–Kier alpha value is -2.96. The Morgan fingerprint density at radius 1 is 1.30 bits per heavy atom. The second kappa shape index (κ2) is 11.5. The number of aromatic nitrogens is 5. The fourth-order valence-electron chi connectivity index (χ4n) is 4.73. The maximum Gasteiger partial charge on any atom is 0.272 e. The van der Waals surface area contributed by atoms with Gasteiger partial charge in [0.2, 0.25) is 12.1 Å². The molecule has 0 saturated carbocycles. The summed E-state index contributed by atoms with van der Waals surface area (Å²) in [4.78, 5) is 17.1. The Bertz CT molecular complexity index is 1470. The van der Waals surface area contributed by atoms with Crippen molar-refractivity contribution in [1.29, 1.82) is 0 Å². The van der Waals surface area contributed by atoms with Crippen LogP contribution in [0, 0.1) is 18.3 Å². The van der Waals surface area contributed by atoms with Crippen molar-refractivity contribution in [3.05, 3.63) is 47.0 Å². The van der Waals surface area contributed by atoms with Crippen LogP contribution in [0.2, 0.25) is 5.15 Å². The van der Waals surface area contributed by atoms with Crippen molar-refractivity contribution in [1.82, 2.24) is 29.9 Å². The van der Waals surface area contributed by atoms with E-state index in [0.717, 1.165) is 25.8 Å². The molecule has 0 aliphatic carbocycles. The van der Waals surface area contributed by atoms with E-state index in [4.69, 9.17) is 16.3 Å². The summed E-state index contributed by atoms with van der Waals surface area (Å²) in [5.74, 6) is 0.520. The zero-order valence-electron chi connectivity index (χ0n) is 23.9. The minimum absolute atomic E-state index is 0.00421. The van der Waals surface area contributed by atoms with Gasteiger partial charge in [0.05, 0.1) is 17.9 Å². The summed E-state index contributed by atoms with van der Waals surface area (Å²) in [7, 11) is -4.15. The van der Waals surface area contributed by atoms with Crippen LogP contribution in [0.4, 0.5) is 0 Å². The lowest BCUT2D eigenvalue weighted by Crippen LogP contribution is -2.36. The predicted octanol–water partition coefficient (Wildman–Crippen LogP) is 3.56. The zero-order chi connectivity index (χ0) is 29.3. The first-order valence-electron chi connectivity index (χ1n) is 13.4. The average Bonchev–Trinajstić information content (AvgIpc) is 3.55. The number of ether oxygens (including phenoxy) is 1. The second-order valence-corrected chi connectivity index (χ2v) is 14.3. The summed E-state index contributed by atoms with van der Waals surface area (Å²) in [6, 6.07) is 4.65.